The summed E-state index contributed by atoms with van der Waals surface area (Å²) in [6, 6.07) is 5.94. The van der Waals surface area contributed by atoms with Gasteiger partial charge in [-0.25, -0.2) is 0 Å². The van der Waals surface area contributed by atoms with Gasteiger partial charge >= 0.3 is 0 Å². The molecule has 4 heteroatoms. The molecule has 84 valence electrons. The van der Waals surface area contributed by atoms with Gasteiger partial charge in [-0.2, -0.15) is 0 Å². The van der Waals surface area contributed by atoms with Crippen molar-refractivity contribution in [2.45, 2.75) is 12.5 Å². The van der Waals surface area contributed by atoms with E-state index in [1.807, 2.05) is 17.0 Å². The first-order valence-electron chi connectivity index (χ1n) is 5.56. The second-order valence-corrected chi connectivity index (χ2v) is 4.80. The molecular weight excluding hydrogens is 224 g/mol. The molecule has 1 fully saturated rings. The Hall–Kier alpha value is -1.06. The van der Waals surface area contributed by atoms with Crippen LogP contribution >= 0.6 is 11.6 Å². The first-order valence-corrected chi connectivity index (χ1v) is 5.93. The lowest BCUT2D eigenvalue weighted by molar-refractivity contribution is 0.0606. The molecule has 1 saturated heterocycles. The van der Waals surface area contributed by atoms with Gasteiger partial charge in [0.15, 0.2) is 0 Å². The Morgan fingerprint density at radius 1 is 1.44 bits per heavy atom. The lowest BCUT2D eigenvalue weighted by atomic mass is 9.92. The Labute approximate surface area is 99.4 Å². The fraction of sp³-hybridized carbons (Fsp3) is 0.417. The van der Waals surface area contributed by atoms with Gasteiger partial charge in [0.25, 0.3) is 5.91 Å². The van der Waals surface area contributed by atoms with Crippen molar-refractivity contribution < 1.29 is 4.79 Å². The van der Waals surface area contributed by atoms with Crippen molar-refractivity contribution in [3.63, 3.8) is 0 Å². The Morgan fingerprint density at radius 3 is 3.19 bits per heavy atom. The molecule has 2 aliphatic rings. The van der Waals surface area contributed by atoms with E-state index in [1.54, 1.807) is 6.07 Å². The maximum Gasteiger partial charge on any atom is 0.254 e. The van der Waals surface area contributed by atoms with Crippen LogP contribution in [-0.2, 0) is 6.42 Å². The highest BCUT2D eigenvalue weighted by Gasteiger charge is 2.33. The maximum absolute atomic E-state index is 12.2. The molecule has 3 nitrogen and oxygen atoms in total. The number of piperazine rings is 1. The molecular formula is C12H13ClN2O. The molecule has 0 radical (unpaired) electrons. The van der Waals surface area contributed by atoms with Crippen LogP contribution in [0.2, 0.25) is 5.02 Å². The number of nitrogens with one attached hydrogen (secondary N) is 1. The average Bonchev–Trinajstić information content (AvgIpc) is 2.31. The minimum Gasteiger partial charge on any atom is -0.333 e. The van der Waals surface area contributed by atoms with Crippen molar-refractivity contribution in [2.75, 3.05) is 19.6 Å². The molecule has 0 aliphatic carbocycles. The van der Waals surface area contributed by atoms with E-state index in [4.69, 9.17) is 11.6 Å². The van der Waals surface area contributed by atoms with Crippen molar-refractivity contribution in [3.8, 4) is 0 Å². The van der Waals surface area contributed by atoms with E-state index >= 15 is 0 Å². The number of amides is 1. The van der Waals surface area contributed by atoms with Crippen molar-refractivity contribution in [2.24, 2.45) is 0 Å². The second kappa shape index (κ2) is 3.75. The van der Waals surface area contributed by atoms with Crippen LogP contribution in [0.25, 0.3) is 0 Å². The third-order valence-electron chi connectivity index (χ3n) is 3.37. The number of nitrogens with zero attached hydrogens (tertiary/aromatic N) is 1. The van der Waals surface area contributed by atoms with Gasteiger partial charge in [-0.3, -0.25) is 4.79 Å². The van der Waals surface area contributed by atoms with Crippen molar-refractivity contribution in [1.82, 2.24) is 10.2 Å². The minimum absolute atomic E-state index is 0.134. The molecule has 1 aromatic rings. The predicted octanol–water partition coefficient (Wildman–Crippen LogP) is 1.31. The first-order chi connectivity index (χ1) is 7.75. The quantitative estimate of drug-likeness (QED) is 0.737. The third-order valence-corrected chi connectivity index (χ3v) is 3.60. The molecule has 16 heavy (non-hydrogen) atoms. The molecule has 0 unspecified atom stereocenters. The molecule has 2 aliphatic heterocycles. The smallest absolute Gasteiger partial charge is 0.254 e. The van der Waals surface area contributed by atoms with Gasteiger partial charge in [-0.1, -0.05) is 17.7 Å². The topological polar surface area (TPSA) is 32.3 Å². The number of hydrogen-bond donors (Lipinski definition) is 1. The maximum atomic E-state index is 12.2. The molecule has 1 aromatic carbocycles. The van der Waals surface area contributed by atoms with Gasteiger partial charge in [-0.05, 0) is 24.1 Å². The largest absolute Gasteiger partial charge is 0.333 e. The van der Waals surface area contributed by atoms with Crippen molar-refractivity contribution in [1.29, 1.82) is 0 Å². The standard InChI is InChI=1S/C12H13ClN2O/c13-9-2-1-8-5-10-7-14-3-4-15(10)12(16)11(8)6-9/h1-2,6,10,14H,3-5,7H2/t10-/m1/s1. The number of fused-ring (bicyclic) bond motifs is 2. The summed E-state index contributed by atoms with van der Waals surface area (Å²) in [5.41, 5.74) is 1.91. The Morgan fingerprint density at radius 2 is 2.31 bits per heavy atom. The number of benzene rings is 1. The molecule has 1 atom stereocenters. The normalized spacial score (nSPS) is 23.9. The fourth-order valence-corrected chi connectivity index (χ4v) is 2.72. The van der Waals surface area contributed by atoms with Crippen molar-refractivity contribution in [3.05, 3.63) is 34.3 Å². The van der Waals surface area contributed by atoms with Crippen LogP contribution in [0.3, 0.4) is 0 Å². The number of rotatable bonds is 0. The summed E-state index contributed by atoms with van der Waals surface area (Å²) in [4.78, 5) is 14.2. The predicted molar refractivity (Wildman–Crippen MR) is 62.9 cm³/mol. The fourth-order valence-electron chi connectivity index (χ4n) is 2.55. The van der Waals surface area contributed by atoms with Gasteiger partial charge in [-0.15, -0.1) is 0 Å². The summed E-state index contributed by atoms with van der Waals surface area (Å²) < 4.78 is 0. The molecule has 1 N–H and O–H groups in total. The van der Waals surface area contributed by atoms with Crippen LogP contribution in [0.1, 0.15) is 15.9 Å². The Bertz CT molecular complexity index is 447. The zero-order chi connectivity index (χ0) is 11.1. The molecule has 1 amide bonds. The van der Waals surface area contributed by atoms with Crippen molar-refractivity contribution >= 4 is 17.5 Å². The molecule has 0 spiro atoms. The van der Waals surface area contributed by atoms with Crippen LogP contribution in [-0.4, -0.2) is 36.5 Å². The zero-order valence-electron chi connectivity index (χ0n) is 8.87. The highest BCUT2D eigenvalue weighted by Crippen LogP contribution is 2.26. The Balaban J connectivity index is 2.03. The highest BCUT2D eigenvalue weighted by atomic mass is 35.5. The van der Waals surface area contributed by atoms with E-state index in [1.165, 1.54) is 0 Å². The molecule has 0 bridgehead atoms. The van der Waals surface area contributed by atoms with E-state index in [2.05, 4.69) is 5.32 Å². The second-order valence-electron chi connectivity index (χ2n) is 4.36. The lowest BCUT2D eigenvalue weighted by Crippen LogP contribution is -2.56. The summed E-state index contributed by atoms with van der Waals surface area (Å²) in [5.74, 6) is 0.134. The van der Waals surface area contributed by atoms with Crippen LogP contribution < -0.4 is 5.32 Å². The molecule has 0 saturated carbocycles. The minimum atomic E-state index is 0.134. The lowest BCUT2D eigenvalue weighted by Gasteiger charge is -2.40. The van der Waals surface area contributed by atoms with Crippen LogP contribution in [0.15, 0.2) is 18.2 Å². The average molecular weight is 237 g/mol. The molecule has 2 heterocycles. The monoisotopic (exact) mass is 236 g/mol. The summed E-state index contributed by atoms with van der Waals surface area (Å²) in [7, 11) is 0. The van der Waals surface area contributed by atoms with Crippen LogP contribution in [0.4, 0.5) is 0 Å². The summed E-state index contributed by atoms with van der Waals surface area (Å²) in [6.45, 7) is 2.58. The summed E-state index contributed by atoms with van der Waals surface area (Å²) in [6.07, 6.45) is 0.936. The van der Waals surface area contributed by atoms with Gasteiger partial charge in [0, 0.05) is 36.3 Å². The number of carbonyl (C=O) groups excluding carboxylic acids is 1. The summed E-state index contributed by atoms with van der Waals surface area (Å²) >= 11 is 5.93. The molecule has 3 rings (SSSR count). The van der Waals surface area contributed by atoms with Gasteiger partial charge < -0.3 is 10.2 Å². The van der Waals surface area contributed by atoms with Gasteiger partial charge in [0.05, 0.1) is 0 Å². The van der Waals surface area contributed by atoms with E-state index < -0.39 is 0 Å². The highest BCUT2D eigenvalue weighted by molar-refractivity contribution is 6.31. The van der Waals surface area contributed by atoms with Gasteiger partial charge in [0.1, 0.15) is 0 Å². The van der Waals surface area contributed by atoms with Gasteiger partial charge in [0.2, 0.25) is 0 Å². The number of carbonyl (C=O) groups is 1. The SMILES string of the molecule is O=C1c2cc(Cl)ccc2C[C@@H]2CNCCN12. The zero-order valence-corrected chi connectivity index (χ0v) is 9.63. The van der Waals surface area contributed by atoms with Crippen LogP contribution in [0, 0.1) is 0 Å². The third kappa shape index (κ3) is 1.51. The molecule has 0 aromatic heterocycles. The number of halogens is 1. The van der Waals surface area contributed by atoms with Crippen LogP contribution in [0.5, 0.6) is 0 Å². The van der Waals surface area contributed by atoms with E-state index in [9.17, 15) is 4.79 Å². The summed E-state index contributed by atoms with van der Waals surface area (Å²) in [5, 5.41) is 3.97. The first kappa shape index (κ1) is 10.1. The van der Waals surface area contributed by atoms with E-state index in [0.29, 0.717) is 11.1 Å². The van der Waals surface area contributed by atoms with E-state index in [-0.39, 0.29) is 5.91 Å². The Kier molecular flexibility index (Phi) is 2.37. The number of hydrogen-bond acceptors (Lipinski definition) is 2. The van der Waals surface area contributed by atoms with E-state index in [0.717, 1.165) is 37.2 Å².